The minimum absolute atomic E-state index is 0.000369. The number of halogens is 2. The maximum atomic E-state index is 12.3. The van der Waals surface area contributed by atoms with Crippen LogP contribution in [-0.2, 0) is 9.59 Å². The summed E-state index contributed by atoms with van der Waals surface area (Å²) in [4.78, 5) is 25.5. The molecule has 0 aliphatic carbocycles. The number of benzene rings is 1. The van der Waals surface area contributed by atoms with Gasteiger partial charge in [-0.3, -0.25) is 19.8 Å². The maximum absolute atomic E-state index is 12.3. The third kappa shape index (κ3) is 3.14. The van der Waals surface area contributed by atoms with Gasteiger partial charge in [0.2, 0.25) is 0 Å². The molecule has 114 valence electrons. The Morgan fingerprint density at radius 3 is 2.68 bits per heavy atom. The minimum atomic E-state index is -0.661. The molecule has 0 bridgehead atoms. The summed E-state index contributed by atoms with van der Waals surface area (Å²) in [5, 5.41) is 12.6. The van der Waals surface area contributed by atoms with Gasteiger partial charge in [-0.25, -0.2) is 0 Å². The number of nitrogens with zero attached hydrogens (tertiary/aromatic N) is 1. The minimum Gasteiger partial charge on any atom is -0.506 e. The highest BCUT2D eigenvalue weighted by molar-refractivity contribution is 7.80. The molecule has 1 heterocycles. The predicted octanol–water partition coefficient (Wildman–Crippen LogP) is 2.51. The van der Waals surface area contributed by atoms with Gasteiger partial charge in [-0.1, -0.05) is 29.3 Å². The molecule has 8 heteroatoms. The summed E-state index contributed by atoms with van der Waals surface area (Å²) in [5.74, 6) is -1.53. The van der Waals surface area contributed by atoms with Gasteiger partial charge in [0, 0.05) is 17.1 Å². The summed E-state index contributed by atoms with van der Waals surface area (Å²) in [6.45, 7) is 3.68. The van der Waals surface area contributed by atoms with E-state index in [9.17, 15) is 14.7 Å². The molecule has 0 aromatic heterocycles. The van der Waals surface area contributed by atoms with Gasteiger partial charge in [0.15, 0.2) is 5.11 Å². The molecular formula is C14H10Cl2N2O3S. The standard InChI is InChI=1S/C14H10Cl2N2O3S/c1-2-3-18-13(21)9(12(20)17-14(18)22)5-7-4-8(15)6-10(16)11(7)19/h2,4-6,19H,1,3H2,(H,17,20,22). The first kappa shape index (κ1) is 16.5. The smallest absolute Gasteiger partial charge is 0.265 e. The Bertz CT molecular complexity index is 731. The first-order valence-corrected chi connectivity index (χ1v) is 7.19. The first-order valence-electron chi connectivity index (χ1n) is 6.03. The second-order valence-corrected chi connectivity index (χ2v) is 5.58. The number of phenolic OH excluding ortho intramolecular Hbond substituents is 1. The zero-order valence-electron chi connectivity index (χ0n) is 11.1. The van der Waals surface area contributed by atoms with Crippen LogP contribution < -0.4 is 5.32 Å². The van der Waals surface area contributed by atoms with Crippen LogP contribution in [0.2, 0.25) is 10.0 Å². The van der Waals surface area contributed by atoms with Gasteiger partial charge in [-0.05, 0) is 30.4 Å². The molecule has 0 atom stereocenters. The van der Waals surface area contributed by atoms with E-state index >= 15 is 0 Å². The lowest BCUT2D eigenvalue weighted by Crippen LogP contribution is -2.53. The lowest BCUT2D eigenvalue weighted by Gasteiger charge is -2.27. The van der Waals surface area contributed by atoms with E-state index in [1.54, 1.807) is 0 Å². The highest BCUT2D eigenvalue weighted by atomic mass is 35.5. The number of nitrogens with one attached hydrogen (secondary N) is 1. The van der Waals surface area contributed by atoms with Crippen LogP contribution in [0.1, 0.15) is 5.56 Å². The Hall–Kier alpha value is -1.89. The fourth-order valence-electron chi connectivity index (χ4n) is 1.84. The number of carbonyl (C=O) groups is 2. The Morgan fingerprint density at radius 1 is 1.36 bits per heavy atom. The SMILES string of the molecule is C=CCN1C(=O)C(=Cc2cc(Cl)cc(Cl)c2O)C(=O)NC1=S. The third-order valence-corrected chi connectivity index (χ3v) is 3.68. The predicted molar refractivity (Wildman–Crippen MR) is 88.8 cm³/mol. The third-order valence-electron chi connectivity index (χ3n) is 2.85. The molecule has 22 heavy (non-hydrogen) atoms. The Labute approximate surface area is 141 Å². The van der Waals surface area contributed by atoms with Gasteiger partial charge in [0.1, 0.15) is 11.3 Å². The van der Waals surface area contributed by atoms with Crippen LogP contribution in [0.25, 0.3) is 6.08 Å². The van der Waals surface area contributed by atoms with Crippen LogP contribution in [0.5, 0.6) is 5.75 Å². The fraction of sp³-hybridized carbons (Fsp3) is 0.0714. The summed E-state index contributed by atoms with van der Waals surface area (Å²) < 4.78 is 0. The second-order valence-electron chi connectivity index (χ2n) is 4.35. The molecular weight excluding hydrogens is 347 g/mol. The molecule has 1 aromatic rings. The molecule has 1 aliphatic rings. The Morgan fingerprint density at radius 2 is 2.05 bits per heavy atom. The van der Waals surface area contributed by atoms with Crippen LogP contribution in [0, 0.1) is 0 Å². The molecule has 0 spiro atoms. The summed E-state index contributed by atoms with van der Waals surface area (Å²) in [6, 6.07) is 2.74. The number of carbonyl (C=O) groups excluding carboxylic acids is 2. The van der Waals surface area contributed by atoms with E-state index < -0.39 is 11.8 Å². The van der Waals surface area contributed by atoms with Crippen LogP contribution in [0.3, 0.4) is 0 Å². The van der Waals surface area contributed by atoms with E-state index in [0.29, 0.717) is 0 Å². The topological polar surface area (TPSA) is 69.6 Å². The average Bonchev–Trinajstić information content (AvgIpc) is 2.44. The zero-order chi connectivity index (χ0) is 16.4. The van der Waals surface area contributed by atoms with Crippen LogP contribution >= 0.6 is 35.4 Å². The molecule has 5 nitrogen and oxygen atoms in total. The highest BCUT2D eigenvalue weighted by Crippen LogP contribution is 2.33. The molecule has 1 aromatic carbocycles. The van der Waals surface area contributed by atoms with Crippen LogP contribution in [0.4, 0.5) is 0 Å². The molecule has 1 saturated heterocycles. The van der Waals surface area contributed by atoms with Crippen molar-refractivity contribution in [3.05, 3.63) is 46.0 Å². The maximum Gasteiger partial charge on any atom is 0.265 e. The number of rotatable bonds is 3. The van der Waals surface area contributed by atoms with Gasteiger partial charge in [0.05, 0.1) is 5.02 Å². The van der Waals surface area contributed by atoms with Crippen LogP contribution in [0.15, 0.2) is 30.4 Å². The Balaban J connectivity index is 2.50. The van der Waals surface area contributed by atoms with Crippen molar-refractivity contribution >= 4 is 58.4 Å². The fourth-order valence-corrected chi connectivity index (χ4v) is 2.60. The summed E-state index contributed by atoms with van der Waals surface area (Å²) in [6.07, 6.45) is 2.69. The lowest BCUT2D eigenvalue weighted by atomic mass is 10.1. The largest absolute Gasteiger partial charge is 0.506 e. The number of phenols is 1. The van der Waals surface area contributed by atoms with E-state index in [-0.39, 0.29) is 38.6 Å². The van der Waals surface area contributed by atoms with E-state index in [1.165, 1.54) is 29.2 Å². The van der Waals surface area contributed by atoms with Crippen molar-refractivity contribution in [3.63, 3.8) is 0 Å². The molecule has 2 amide bonds. The van der Waals surface area contributed by atoms with E-state index in [2.05, 4.69) is 11.9 Å². The van der Waals surface area contributed by atoms with Gasteiger partial charge < -0.3 is 5.11 Å². The van der Waals surface area contributed by atoms with Crippen molar-refractivity contribution in [2.24, 2.45) is 0 Å². The molecule has 0 radical (unpaired) electrons. The molecule has 0 saturated carbocycles. The van der Waals surface area contributed by atoms with Gasteiger partial charge in [0.25, 0.3) is 11.8 Å². The number of thiocarbonyl (C=S) groups is 1. The second kappa shape index (κ2) is 6.48. The van der Waals surface area contributed by atoms with Gasteiger partial charge in [-0.15, -0.1) is 6.58 Å². The summed E-state index contributed by atoms with van der Waals surface area (Å²) >= 11 is 16.6. The van der Waals surface area contributed by atoms with E-state index in [1.807, 2.05) is 0 Å². The number of hydrogen-bond donors (Lipinski definition) is 2. The van der Waals surface area contributed by atoms with Crippen molar-refractivity contribution in [2.75, 3.05) is 6.54 Å². The Kier molecular flexibility index (Phi) is 4.85. The van der Waals surface area contributed by atoms with Crippen molar-refractivity contribution in [1.29, 1.82) is 0 Å². The number of aromatic hydroxyl groups is 1. The number of hydrogen-bond acceptors (Lipinski definition) is 4. The molecule has 0 unspecified atom stereocenters. The normalized spacial score (nSPS) is 16.9. The summed E-state index contributed by atoms with van der Waals surface area (Å²) in [5.41, 5.74) is -0.0357. The van der Waals surface area contributed by atoms with E-state index in [4.69, 9.17) is 35.4 Å². The van der Waals surface area contributed by atoms with Crippen molar-refractivity contribution in [1.82, 2.24) is 10.2 Å². The van der Waals surface area contributed by atoms with E-state index in [0.717, 1.165) is 0 Å². The molecule has 1 aliphatic heterocycles. The molecule has 2 N–H and O–H groups in total. The highest BCUT2D eigenvalue weighted by Gasteiger charge is 2.32. The van der Waals surface area contributed by atoms with Gasteiger partial charge >= 0.3 is 0 Å². The van der Waals surface area contributed by atoms with Crippen molar-refractivity contribution in [3.8, 4) is 5.75 Å². The van der Waals surface area contributed by atoms with Crippen LogP contribution in [-0.4, -0.2) is 33.5 Å². The van der Waals surface area contributed by atoms with Crippen molar-refractivity contribution < 1.29 is 14.7 Å². The molecule has 2 rings (SSSR count). The average molecular weight is 357 g/mol. The quantitative estimate of drug-likeness (QED) is 0.378. The lowest BCUT2D eigenvalue weighted by molar-refractivity contribution is -0.128. The first-order chi connectivity index (χ1) is 10.3. The summed E-state index contributed by atoms with van der Waals surface area (Å²) in [7, 11) is 0. The van der Waals surface area contributed by atoms with Gasteiger partial charge in [-0.2, -0.15) is 0 Å². The zero-order valence-corrected chi connectivity index (χ0v) is 13.4. The monoisotopic (exact) mass is 356 g/mol. The molecule has 1 fully saturated rings. The van der Waals surface area contributed by atoms with Crippen molar-refractivity contribution in [2.45, 2.75) is 0 Å². The number of amides is 2.